The minimum atomic E-state index is -1.55. The molecule has 0 saturated heterocycles. The van der Waals surface area contributed by atoms with E-state index in [0.717, 1.165) is 0 Å². The molecule has 2 N–H and O–H groups in total. The van der Waals surface area contributed by atoms with E-state index in [4.69, 9.17) is 9.47 Å². The molecule has 7 nitrogen and oxygen atoms in total. The van der Waals surface area contributed by atoms with Crippen molar-refractivity contribution in [2.45, 2.75) is 45.4 Å². The molecule has 0 aliphatic heterocycles. The number of esters is 1. The van der Waals surface area contributed by atoms with Crippen molar-refractivity contribution in [2.24, 2.45) is 0 Å². The van der Waals surface area contributed by atoms with Crippen LogP contribution in [-0.4, -0.2) is 36.7 Å². The third kappa shape index (κ3) is 5.45. The summed E-state index contributed by atoms with van der Waals surface area (Å²) in [6.45, 7) is 6.95. The first-order valence-corrected chi connectivity index (χ1v) is 9.88. The highest BCUT2D eigenvalue weighted by atomic mass is 16.6. The van der Waals surface area contributed by atoms with Crippen LogP contribution in [0.2, 0.25) is 0 Å². The Morgan fingerprint density at radius 2 is 1.40 bits per heavy atom. The number of imide groups is 1. The summed E-state index contributed by atoms with van der Waals surface area (Å²) in [5.74, 6) is -1.47. The molecule has 30 heavy (non-hydrogen) atoms. The largest absolute Gasteiger partial charge is 0.450 e. The van der Waals surface area contributed by atoms with Crippen LogP contribution in [0.25, 0.3) is 0 Å². The average Bonchev–Trinajstić information content (AvgIpc) is 2.72. The molecule has 2 rings (SSSR count). The van der Waals surface area contributed by atoms with Crippen LogP contribution in [0.5, 0.6) is 0 Å². The summed E-state index contributed by atoms with van der Waals surface area (Å²) in [7, 11) is 0. The second-order valence-electron chi connectivity index (χ2n) is 7.01. The fraction of sp³-hybridized carbons (Fsp3) is 0.348. The number of hydrogen-bond acceptors (Lipinski definition) is 5. The number of hydrogen-bond donors (Lipinski definition) is 2. The fourth-order valence-corrected chi connectivity index (χ4v) is 3.00. The highest BCUT2D eigenvalue weighted by molar-refractivity contribution is 5.98. The van der Waals surface area contributed by atoms with E-state index < -0.39 is 29.6 Å². The molecule has 0 bridgehead atoms. The lowest BCUT2D eigenvalue weighted by Crippen LogP contribution is -2.49. The number of rotatable bonds is 8. The maximum atomic E-state index is 13.4. The maximum Gasteiger partial charge on any atom is 0.348 e. The van der Waals surface area contributed by atoms with Crippen molar-refractivity contribution in [3.8, 4) is 0 Å². The molecule has 2 aromatic rings. The molecule has 7 heteroatoms. The Kier molecular flexibility index (Phi) is 8.12. The third-order valence-electron chi connectivity index (χ3n) is 4.32. The van der Waals surface area contributed by atoms with Gasteiger partial charge in [-0.15, -0.1) is 0 Å². The highest BCUT2D eigenvalue weighted by Gasteiger charge is 2.46. The van der Waals surface area contributed by atoms with E-state index in [2.05, 4.69) is 10.6 Å². The predicted octanol–water partition coefficient (Wildman–Crippen LogP) is 3.13. The molecule has 0 radical (unpaired) electrons. The number of ether oxygens (including phenoxy) is 2. The van der Waals surface area contributed by atoms with Gasteiger partial charge in [-0.2, -0.15) is 0 Å². The minimum absolute atomic E-state index is 0.141. The zero-order chi connectivity index (χ0) is 22.1. The first kappa shape index (κ1) is 23.1. The summed E-state index contributed by atoms with van der Waals surface area (Å²) >= 11 is 0. The van der Waals surface area contributed by atoms with E-state index in [9.17, 15) is 14.4 Å². The van der Waals surface area contributed by atoms with Gasteiger partial charge in [-0.1, -0.05) is 60.7 Å². The third-order valence-corrected chi connectivity index (χ3v) is 4.32. The standard InChI is InChI=1S/C23H28N2O5/c1-5-29-23(18-12-8-6-9-13-18,19-14-10-7-11-15-19)21(27)30-17(4)20(26)25-22(28)24-16(2)3/h6-17H,5H2,1-4H3,(H2,24,25,26,28)/t17-/m1/s1. The molecule has 160 valence electrons. The fourth-order valence-electron chi connectivity index (χ4n) is 3.00. The molecule has 2 aromatic carbocycles. The van der Waals surface area contributed by atoms with Crippen molar-refractivity contribution in [1.29, 1.82) is 0 Å². The van der Waals surface area contributed by atoms with Gasteiger partial charge in [0.2, 0.25) is 5.60 Å². The Morgan fingerprint density at radius 1 is 0.900 bits per heavy atom. The summed E-state index contributed by atoms with van der Waals surface area (Å²) in [5, 5.41) is 4.72. The Balaban J connectivity index is 2.34. The molecule has 0 spiro atoms. The summed E-state index contributed by atoms with van der Waals surface area (Å²) in [4.78, 5) is 37.5. The number of carbonyl (C=O) groups is 3. The lowest BCUT2D eigenvalue weighted by Gasteiger charge is -2.33. The zero-order valence-electron chi connectivity index (χ0n) is 17.7. The van der Waals surface area contributed by atoms with Gasteiger partial charge in [0.15, 0.2) is 6.10 Å². The van der Waals surface area contributed by atoms with Crippen LogP contribution in [0.4, 0.5) is 4.79 Å². The van der Waals surface area contributed by atoms with Gasteiger partial charge in [0.1, 0.15) is 0 Å². The van der Waals surface area contributed by atoms with Crippen LogP contribution in [0.3, 0.4) is 0 Å². The summed E-state index contributed by atoms with van der Waals surface area (Å²) in [6.07, 6.45) is -1.21. The smallest absolute Gasteiger partial charge is 0.348 e. The van der Waals surface area contributed by atoms with Crippen LogP contribution in [0.1, 0.15) is 38.8 Å². The van der Waals surface area contributed by atoms with Crippen LogP contribution < -0.4 is 10.6 Å². The van der Waals surface area contributed by atoms with Gasteiger partial charge in [-0.3, -0.25) is 10.1 Å². The maximum absolute atomic E-state index is 13.4. The predicted molar refractivity (Wildman–Crippen MR) is 113 cm³/mol. The number of benzene rings is 2. The van der Waals surface area contributed by atoms with Crippen molar-refractivity contribution in [3.63, 3.8) is 0 Å². The average molecular weight is 412 g/mol. The molecule has 0 fully saturated rings. The summed E-state index contributed by atoms with van der Waals surface area (Å²) in [5.41, 5.74) is -0.396. The van der Waals surface area contributed by atoms with Gasteiger partial charge in [0, 0.05) is 12.6 Å². The topological polar surface area (TPSA) is 93.7 Å². The van der Waals surface area contributed by atoms with Crippen molar-refractivity contribution < 1.29 is 23.9 Å². The van der Waals surface area contributed by atoms with Crippen LogP contribution in [0, 0.1) is 0 Å². The van der Waals surface area contributed by atoms with Gasteiger partial charge >= 0.3 is 12.0 Å². The normalized spacial score (nSPS) is 12.2. The first-order chi connectivity index (χ1) is 14.3. The number of urea groups is 1. The van der Waals surface area contributed by atoms with Crippen molar-refractivity contribution in [2.75, 3.05) is 6.61 Å². The summed E-state index contributed by atoms with van der Waals surface area (Å²) in [6, 6.07) is 17.1. The molecule has 3 amide bonds. The van der Waals surface area contributed by atoms with E-state index in [-0.39, 0.29) is 12.6 Å². The lowest BCUT2D eigenvalue weighted by atomic mass is 9.86. The van der Waals surface area contributed by atoms with E-state index in [0.29, 0.717) is 11.1 Å². The molecular formula is C23H28N2O5. The Bertz CT molecular complexity index is 813. The van der Waals surface area contributed by atoms with E-state index in [1.807, 2.05) is 12.1 Å². The molecule has 0 heterocycles. The summed E-state index contributed by atoms with van der Waals surface area (Å²) < 4.78 is 11.5. The molecule has 0 aliphatic carbocycles. The SMILES string of the molecule is CCOC(C(=O)O[C@H](C)C(=O)NC(=O)NC(C)C)(c1ccccc1)c1ccccc1. The van der Waals surface area contributed by atoms with Gasteiger partial charge in [-0.25, -0.2) is 9.59 Å². The lowest BCUT2D eigenvalue weighted by molar-refractivity contribution is -0.175. The van der Waals surface area contributed by atoms with Crippen molar-refractivity contribution in [1.82, 2.24) is 10.6 Å². The van der Waals surface area contributed by atoms with Crippen molar-refractivity contribution in [3.05, 3.63) is 71.8 Å². The van der Waals surface area contributed by atoms with Crippen molar-refractivity contribution >= 4 is 17.9 Å². The first-order valence-electron chi connectivity index (χ1n) is 9.88. The van der Waals surface area contributed by atoms with Gasteiger partial charge in [-0.05, 0) is 38.8 Å². The molecule has 0 saturated carbocycles. The number of nitrogens with one attached hydrogen (secondary N) is 2. The van der Waals surface area contributed by atoms with Crippen LogP contribution in [0.15, 0.2) is 60.7 Å². The molecule has 0 aliphatic rings. The van der Waals surface area contributed by atoms with Gasteiger partial charge < -0.3 is 14.8 Å². The Morgan fingerprint density at radius 3 is 1.83 bits per heavy atom. The number of carbonyl (C=O) groups excluding carboxylic acids is 3. The van der Waals surface area contributed by atoms with E-state index in [1.54, 1.807) is 69.3 Å². The zero-order valence-corrected chi connectivity index (χ0v) is 17.7. The van der Waals surface area contributed by atoms with E-state index in [1.165, 1.54) is 6.92 Å². The van der Waals surface area contributed by atoms with Crippen LogP contribution >= 0.6 is 0 Å². The van der Waals surface area contributed by atoms with Gasteiger partial charge in [0.05, 0.1) is 0 Å². The monoisotopic (exact) mass is 412 g/mol. The van der Waals surface area contributed by atoms with Crippen LogP contribution in [-0.2, 0) is 24.7 Å². The molecule has 1 atom stereocenters. The minimum Gasteiger partial charge on any atom is -0.450 e. The van der Waals surface area contributed by atoms with E-state index >= 15 is 0 Å². The molecule has 0 unspecified atom stereocenters. The Hall–Kier alpha value is -3.19. The second kappa shape index (κ2) is 10.5. The second-order valence-corrected chi connectivity index (χ2v) is 7.01. The quantitative estimate of drug-likeness (QED) is 0.650. The molecule has 0 aromatic heterocycles. The molecular weight excluding hydrogens is 384 g/mol. The highest BCUT2D eigenvalue weighted by Crippen LogP contribution is 2.35. The van der Waals surface area contributed by atoms with Gasteiger partial charge in [0.25, 0.3) is 5.91 Å². The number of amides is 3. The Labute approximate surface area is 176 Å².